The fourth-order valence-corrected chi connectivity index (χ4v) is 2.63. The van der Waals surface area contributed by atoms with Crippen molar-refractivity contribution in [1.82, 2.24) is 4.90 Å². The third kappa shape index (κ3) is 3.28. The summed E-state index contributed by atoms with van der Waals surface area (Å²) in [6.07, 6.45) is 3.60. The van der Waals surface area contributed by atoms with E-state index in [1.54, 1.807) is 13.0 Å². The predicted octanol–water partition coefficient (Wildman–Crippen LogP) is 2.13. The van der Waals surface area contributed by atoms with Crippen LogP contribution < -0.4 is 11.1 Å². The van der Waals surface area contributed by atoms with Gasteiger partial charge < -0.3 is 16.0 Å². The maximum atomic E-state index is 13.8. The van der Waals surface area contributed by atoms with E-state index in [1.165, 1.54) is 18.9 Å². The molecule has 0 spiro atoms. The van der Waals surface area contributed by atoms with Gasteiger partial charge in [-0.05, 0) is 45.5 Å². The fourth-order valence-electron chi connectivity index (χ4n) is 2.63. The molecule has 1 fully saturated rings. The number of rotatable bonds is 4. The highest BCUT2D eigenvalue weighted by molar-refractivity contribution is 5.94. The minimum atomic E-state index is -0.610. The standard InChI is InChI=1S/C15H22FN3O/c1-10-13(16)7-11(15(17)20)8-14(10)18-9-12-5-3-4-6-19(12)2/h7-8,12,18H,3-6,9H2,1-2H3,(H2,17,20). The van der Waals surface area contributed by atoms with Crippen LogP contribution in [0.2, 0.25) is 0 Å². The van der Waals surface area contributed by atoms with Crippen LogP contribution in [0.3, 0.4) is 0 Å². The van der Waals surface area contributed by atoms with Gasteiger partial charge in [0.15, 0.2) is 0 Å². The molecular weight excluding hydrogens is 257 g/mol. The Morgan fingerprint density at radius 1 is 1.50 bits per heavy atom. The first kappa shape index (κ1) is 14.8. The van der Waals surface area contributed by atoms with E-state index in [2.05, 4.69) is 17.3 Å². The molecule has 1 unspecified atom stereocenters. The van der Waals surface area contributed by atoms with Crippen LogP contribution in [0.25, 0.3) is 0 Å². The van der Waals surface area contributed by atoms with E-state index in [1.807, 2.05) is 0 Å². The van der Waals surface area contributed by atoms with Crippen molar-refractivity contribution in [3.05, 3.63) is 29.1 Å². The maximum absolute atomic E-state index is 13.8. The zero-order valence-electron chi connectivity index (χ0n) is 12.1. The minimum absolute atomic E-state index is 0.201. The van der Waals surface area contributed by atoms with Crippen LogP contribution in [0.4, 0.5) is 10.1 Å². The summed E-state index contributed by atoms with van der Waals surface area (Å²) in [7, 11) is 2.11. The number of amides is 1. The van der Waals surface area contributed by atoms with Crippen molar-refractivity contribution in [3.63, 3.8) is 0 Å². The Morgan fingerprint density at radius 2 is 2.25 bits per heavy atom. The number of piperidine rings is 1. The number of carbonyl (C=O) groups is 1. The Hall–Kier alpha value is -1.62. The first-order chi connectivity index (χ1) is 9.49. The molecule has 110 valence electrons. The van der Waals surface area contributed by atoms with Crippen molar-refractivity contribution >= 4 is 11.6 Å². The molecule has 2 rings (SSSR count). The van der Waals surface area contributed by atoms with Gasteiger partial charge in [-0.3, -0.25) is 4.79 Å². The Kier molecular flexibility index (Phi) is 4.60. The second kappa shape index (κ2) is 6.22. The summed E-state index contributed by atoms with van der Waals surface area (Å²) in [5, 5.41) is 3.26. The van der Waals surface area contributed by atoms with Crippen molar-refractivity contribution in [3.8, 4) is 0 Å². The number of carbonyl (C=O) groups excluding carboxylic acids is 1. The number of hydrogen-bond acceptors (Lipinski definition) is 3. The van der Waals surface area contributed by atoms with Gasteiger partial charge in [-0.15, -0.1) is 0 Å². The zero-order valence-corrected chi connectivity index (χ0v) is 12.1. The molecule has 0 aromatic heterocycles. The molecule has 0 bridgehead atoms. The molecule has 1 aromatic carbocycles. The summed E-state index contributed by atoms with van der Waals surface area (Å²) in [4.78, 5) is 13.5. The number of anilines is 1. The number of likely N-dealkylation sites (tertiary alicyclic amines) is 1. The van der Waals surface area contributed by atoms with Gasteiger partial charge in [-0.25, -0.2) is 4.39 Å². The van der Waals surface area contributed by atoms with Gasteiger partial charge in [0.2, 0.25) is 5.91 Å². The van der Waals surface area contributed by atoms with Crippen LogP contribution in [-0.2, 0) is 0 Å². The number of likely N-dealkylation sites (N-methyl/N-ethyl adjacent to an activating group) is 1. The molecule has 0 saturated carbocycles. The molecule has 1 aliphatic rings. The minimum Gasteiger partial charge on any atom is -0.383 e. The van der Waals surface area contributed by atoms with E-state index in [0.29, 0.717) is 17.3 Å². The van der Waals surface area contributed by atoms with Crippen LogP contribution in [0, 0.1) is 12.7 Å². The van der Waals surface area contributed by atoms with E-state index in [4.69, 9.17) is 5.73 Å². The van der Waals surface area contributed by atoms with E-state index in [9.17, 15) is 9.18 Å². The highest BCUT2D eigenvalue weighted by Crippen LogP contribution is 2.22. The summed E-state index contributed by atoms with van der Waals surface area (Å²) in [5.41, 5.74) is 6.59. The van der Waals surface area contributed by atoms with E-state index >= 15 is 0 Å². The molecule has 20 heavy (non-hydrogen) atoms. The first-order valence-electron chi connectivity index (χ1n) is 7.03. The highest BCUT2D eigenvalue weighted by atomic mass is 19.1. The van der Waals surface area contributed by atoms with Crippen molar-refractivity contribution in [1.29, 1.82) is 0 Å². The molecule has 0 aliphatic carbocycles. The smallest absolute Gasteiger partial charge is 0.248 e. The lowest BCUT2D eigenvalue weighted by Gasteiger charge is -2.33. The monoisotopic (exact) mass is 279 g/mol. The molecule has 1 amide bonds. The maximum Gasteiger partial charge on any atom is 0.248 e. The highest BCUT2D eigenvalue weighted by Gasteiger charge is 2.19. The van der Waals surface area contributed by atoms with Gasteiger partial charge >= 0.3 is 0 Å². The molecule has 1 aromatic rings. The normalized spacial score (nSPS) is 19.9. The molecule has 4 nitrogen and oxygen atoms in total. The Bertz CT molecular complexity index is 504. The number of nitrogens with two attached hydrogens (primary N) is 1. The SMILES string of the molecule is Cc1c(F)cc(C(N)=O)cc1NCC1CCCCN1C. The molecule has 0 radical (unpaired) electrons. The predicted molar refractivity (Wildman–Crippen MR) is 78.4 cm³/mol. The van der Waals surface area contributed by atoms with Crippen molar-refractivity contribution in [2.45, 2.75) is 32.2 Å². The summed E-state index contributed by atoms with van der Waals surface area (Å²) in [6, 6.07) is 3.27. The first-order valence-corrected chi connectivity index (χ1v) is 7.03. The molecule has 3 N–H and O–H groups in total. The van der Waals surface area contributed by atoms with Gasteiger partial charge in [0, 0.05) is 29.4 Å². The fraction of sp³-hybridized carbons (Fsp3) is 0.533. The van der Waals surface area contributed by atoms with Gasteiger partial charge in [0.1, 0.15) is 5.82 Å². The summed E-state index contributed by atoms with van der Waals surface area (Å²) >= 11 is 0. The zero-order chi connectivity index (χ0) is 14.7. The van der Waals surface area contributed by atoms with Gasteiger partial charge in [0.25, 0.3) is 0 Å². The number of halogens is 1. The van der Waals surface area contributed by atoms with Crippen LogP contribution in [-0.4, -0.2) is 37.0 Å². The number of nitrogens with zero attached hydrogens (tertiary/aromatic N) is 1. The number of hydrogen-bond donors (Lipinski definition) is 2. The van der Waals surface area contributed by atoms with Crippen LogP contribution in [0.15, 0.2) is 12.1 Å². The molecule has 1 heterocycles. The van der Waals surface area contributed by atoms with Crippen LogP contribution >= 0.6 is 0 Å². The average Bonchev–Trinajstić information content (AvgIpc) is 2.41. The topological polar surface area (TPSA) is 58.4 Å². The average molecular weight is 279 g/mol. The summed E-state index contributed by atoms with van der Waals surface area (Å²) in [6.45, 7) is 3.55. The molecule has 1 atom stereocenters. The van der Waals surface area contributed by atoms with Crippen molar-refractivity contribution in [2.75, 3.05) is 25.5 Å². The lowest BCUT2D eigenvalue weighted by Crippen LogP contribution is -2.40. The largest absolute Gasteiger partial charge is 0.383 e. The van der Waals surface area contributed by atoms with Crippen molar-refractivity contribution in [2.24, 2.45) is 5.73 Å². The Morgan fingerprint density at radius 3 is 2.90 bits per heavy atom. The quantitative estimate of drug-likeness (QED) is 0.887. The number of primary amides is 1. The molecular formula is C15H22FN3O. The molecule has 1 aliphatic heterocycles. The third-order valence-corrected chi connectivity index (χ3v) is 4.08. The second-order valence-corrected chi connectivity index (χ2v) is 5.51. The molecule has 5 heteroatoms. The lowest BCUT2D eigenvalue weighted by molar-refractivity contribution is 0.1000. The van der Waals surface area contributed by atoms with Gasteiger partial charge in [-0.2, -0.15) is 0 Å². The lowest BCUT2D eigenvalue weighted by atomic mass is 10.0. The van der Waals surface area contributed by atoms with Gasteiger partial charge in [0.05, 0.1) is 0 Å². The Labute approximate surface area is 119 Å². The number of nitrogens with one attached hydrogen (secondary N) is 1. The number of benzene rings is 1. The Balaban J connectivity index is 2.10. The summed E-state index contributed by atoms with van der Waals surface area (Å²) < 4.78 is 13.8. The van der Waals surface area contributed by atoms with E-state index < -0.39 is 11.7 Å². The van der Waals surface area contributed by atoms with E-state index in [-0.39, 0.29) is 5.56 Å². The molecule has 1 saturated heterocycles. The van der Waals surface area contributed by atoms with Gasteiger partial charge in [-0.1, -0.05) is 6.42 Å². The van der Waals surface area contributed by atoms with E-state index in [0.717, 1.165) is 19.5 Å². The van der Waals surface area contributed by atoms with Crippen molar-refractivity contribution < 1.29 is 9.18 Å². The van der Waals surface area contributed by atoms with Crippen LogP contribution in [0.1, 0.15) is 35.2 Å². The third-order valence-electron chi connectivity index (χ3n) is 4.08. The van der Waals surface area contributed by atoms with Crippen LogP contribution in [0.5, 0.6) is 0 Å². The summed E-state index contributed by atoms with van der Waals surface area (Å²) in [5.74, 6) is -1.01. The second-order valence-electron chi connectivity index (χ2n) is 5.51.